The highest BCUT2D eigenvalue weighted by Gasteiger charge is 2.23. The molecule has 5 nitrogen and oxygen atoms in total. The smallest absolute Gasteiger partial charge is 0.255 e. The molecule has 2 aromatic carbocycles. The lowest BCUT2D eigenvalue weighted by molar-refractivity contribution is 0.0937. The summed E-state index contributed by atoms with van der Waals surface area (Å²) in [6.07, 6.45) is 0. The van der Waals surface area contributed by atoms with Gasteiger partial charge in [0.05, 0.1) is 5.56 Å². The second-order valence-electron chi connectivity index (χ2n) is 5.22. The summed E-state index contributed by atoms with van der Waals surface area (Å²) < 4.78 is 27.1. The second-order valence-corrected chi connectivity index (χ2v) is 5.22. The predicted molar refractivity (Wildman–Crippen MR) is 83.2 cm³/mol. The van der Waals surface area contributed by atoms with Gasteiger partial charge in [0.25, 0.3) is 5.91 Å². The van der Waals surface area contributed by atoms with Crippen molar-refractivity contribution in [1.82, 2.24) is 20.5 Å². The van der Waals surface area contributed by atoms with Gasteiger partial charge in [-0.05, 0) is 30.7 Å². The molecule has 0 aliphatic carbocycles. The van der Waals surface area contributed by atoms with Crippen molar-refractivity contribution >= 4 is 5.91 Å². The van der Waals surface area contributed by atoms with Crippen molar-refractivity contribution in [3.05, 3.63) is 82.9 Å². The average Bonchev–Trinajstić information content (AvgIpc) is 3.01. The molecule has 0 aliphatic heterocycles. The van der Waals surface area contributed by atoms with E-state index in [4.69, 9.17) is 0 Å². The largest absolute Gasteiger partial charge is 0.338 e. The SMILES string of the molecule is Cc1nc([C@H](NC(=O)c2cc(F)ccc2F)c2ccccc2)n[nH]1. The lowest BCUT2D eigenvalue weighted by Crippen LogP contribution is -2.30. The minimum Gasteiger partial charge on any atom is -0.338 e. The number of benzene rings is 2. The monoisotopic (exact) mass is 328 g/mol. The van der Waals surface area contributed by atoms with Crippen LogP contribution in [0.2, 0.25) is 0 Å². The molecule has 0 bridgehead atoms. The molecule has 0 radical (unpaired) electrons. The van der Waals surface area contributed by atoms with Crippen LogP contribution in [-0.2, 0) is 0 Å². The Kier molecular flexibility index (Phi) is 4.33. The molecule has 3 aromatic rings. The highest BCUT2D eigenvalue weighted by molar-refractivity contribution is 5.94. The molecule has 1 heterocycles. The number of carbonyl (C=O) groups is 1. The highest BCUT2D eigenvalue weighted by atomic mass is 19.1. The van der Waals surface area contributed by atoms with Gasteiger partial charge in [-0.15, -0.1) is 0 Å². The lowest BCUT2D eigenvalue weighted by atomic mass is 10.1. The van der Waals surface area contributed by atoms with E-state index in [2.05, 4.69) is 20.5 Å². The number of H-pyrrole nitrogens is 1. The fourth-order valence-electron chi connectivity index (χ4n) is 2.31. The molecule has 0 fully saturated rings. The molecule has 7 heteroatoms. The van der Waals surface area contributed by atoms with Gasteiger partial charge in [0.15, 0.2) is 5.82 Å². The van der Waals surface area contributed by atoms with Crippen molar-refractivity contribution in [1.29, 1.82) is 0 Å². The molecule has 24 heavy (non-hydrogen) atoms. The second kappa shape index (κ2) is 6.57. The maximum atomic E-state index is 13.8. The van der Waals surface area contributed by atoms with Gasteiger partial charge in [-0.3, -0.25) is 9.89 Å². The zero-order valence-electron chi connectivity index (χ0n) is 12.8. The van der Waals surface area contributed by atoms with Crippen LogP contribution in [0, 0.1) is 18.6 Å². The summed E-state index contributed by atoms with van der Waals surface area (Å²) in [5.74, 6) is -1.32. The first kappa shape index (κ1) is 15.8. The summed E-state index contributed by atoms with van der Waals surface area (Å²) in [7, 11) is 0. The molecule has 1 amide bonds. The normalized spacial score (nSPS) is 12.0. The van der Waals surface area contributed by atoms with Crippen molar-refractivity contribution in [2.75, 3.05) is 0 Å². The third-order valence-electron chi connectivity index (χ3n) is 3.45. The Balaban J connectivity index is 1.95. The maximum Gasteiger partial charge on any atom is 0.255 e. The molecule has 0 saturated carbocycles. The van der Waals surface area contributed by atoms with Crippen LogP contribution in [-0.4, -0.2) is 21.1 Å². The van der Waals surface area contributed by atoms with E-state index in [9.17, 15) is 13.6 Å². The van der Waals surface area contributed by atoms with Crippen LogP contribution in [0.3, 0.4) is 0 Å². The Morgan fingerprint density at radius 1 is 1.17 bits per heavy atom. The van der Waals surface area contributed by atoms with E-state index in [-0.39, 0.29) is 5.56 Å². The van der Waals surface area contributed by atoms with Crippen molar-refractivity contribution in [3.63, 3.8) is 0 Å². The van der Waals surface area contributed by atoms with Crippen molar-refractivity contribution in [2.45, 2.75) is 13.0 Å². The van der Waals surface area contributed by atoms with Crippen LogP contribution < -0.4 is 5.32 Å². The van der Waals surface area contributed by atoms with Crippen molar-refractivity contribution in [2.24, 2.45) is 0 Å². The number of rotatable bonds is 4. The van der Waals surface area contributed by atoms with E-state index >= 15 is 0 Å². The number of nitrogens with one attached hydrogen (secondary N) is 2. The van der Waals surface area contributed by atoms with E-state index < -0.39 is 23.6 Å². The predicted octanol–water partition coefficient (Wildman–Crippen LogP) is 2.91. The molecule has 1 aromatic heterocycles. The first-order valence-corrected chi connectivity index (χ1v) is 7.24. The van der Waals surface area contributed by atoms with E-state index in [1.807, 2.05) is 6.07 Å². The fraction of sp³-hybridized carbons (Fsp3) is 0.118. The van der Waals surface area contributed by atoms with Crippen LogP contribution in [0.25, 0.3) is 0 Å². The summed E-state index contributed by atoms with van der Waals surface area (Å²) >= 11 is 0. The number of hydrogen-bond donors (Lipinski definition) is 2. The molecule has 0 unspecified atom stereocenters. The highest BCUT2D eigenvalue weighted by Crippen LogP contribution is 2.20. The number of aromatic amines is 1. The molecule has 2 N–H and O–H groups in total. The minimum atomic E-state index is -0.799. The number of halogens is 2. The molecule has 1 atom stereocenters. The quantitative estimate of drug-likeness (QED) is 0.773. The zero-order chi connectivity index (χ0) is 17.1. The molecule has 0 aliphatic rings. The molecule has 122 valence electrons. The molecule has 3 rings (SSSR count). The Hall–Kier alpha value is -3.09. The van der Waals surface area contributed by atoms with Gasteiger partial charge in [-0.1, -0.05) is 30.3 Å². The number of aromatic nitrogens is 3. The zero-order valence-corrected chi connectivity index (χ0v) is 12.8. The topological polar surface area (TPSA) is 70.7 Å². The average molecular weight is 328 g/mol. The Bertz CT molecular complexity index is 864. The van der Waals surface area contributed by atoms with E-state index in [1.54, 1.807) is 31.2 Å². The number of amides is 1. The minimum absolute atomic E-state index is 0.337. The van der Waals surface area contributed by atoms with Gasteiger partial charge >= 0.3 is 0 Å². The number of carbonyl (C=O) groups excluding carboxylic acids is 1. The summed E-state index contributed by atoms with van der Waals surface area (Å²) in [6, 6.07) is 11.1. The molecule has 0 saturated heterocycles. The Morgan fingerprint density at radius 2 is 1.92 bits per heavy atom. The van der Waals surface area contributed by atoms with Gasteiger partial charge in [0.1, 0.15) is 23.5 Å². The van der Waals surface area contributed by atoms with Crippen LogP contribution in [0.15, 0.2) is 48.5 Å². The summed E-state index contributed by atoms with van der Waals surface area (Å²) in [6.45, 7) is 1.73. The third-order valence-corrected chi connectivity index (χ3v) is 3.45. The van der Waals surface area contributed by atoms with Crippen LogP contribution in [0.1, 0.15) is 33.6 Å². The standard InChI is InChI=1S/C17H14F2N4O/c1-10-20-16(23-22-10)15(11-5-3-2-4-6-11)21-17(24)13-9-12(18)7-8-14(13)19/h2-9,15H,1H3,(H,21,24)(H,20,22,23)/t15-/m1/s1. The van der Waals surface area contributed by atoms with E-state index in [0.717, 1.165) is 23.8 Å². The first-order chi connectivity index (χ1) is 11.5. The third kappa shape index (κ3) is 3.29. The Morgan fingerprint density at radius 3 is 2.58 bits per heavy atom. The van der Waals surface area contributed by atoms with E-state index in [0.29, 0.717) is 11.6 Å². The van der Waals surface area contributed by atoms with Gasteiger partial charge < -0.3 is 5.32 Å². The molecule has 0 spiro atoms. The molecular formula is C17H14F2N4O. The first-order valence-electron chi connectivity index (χ1n) is 7.24. The number of nitrogens with zero attached hydrogens (tertiary/aromatic N) is 2. The summed E-state index contributed by atoms with van der Waals surface area (Å²) in [5.41, 5.74) is 0.352. The van der Waals surface area contributed by atoms with Gasteiger partial charge in [0, 0.05) is 0 Å². The van der Waals surface area contributed by atoms with Gasteiger partial charge in [-0.2, -0.15) is 5.10 Å². The number of hydrogen-bond acceptors (Lipinski definition) is 3. The van der Waals surface area contributed by atoms with Crippen LogP contribution in [0.5, 0.6) is 0 Å². The van der Waals surface area contributed by atoms with Crippen LogP contribution in [0.4, 0.5) is 8.78 Å². The Labute approximate surface area is 136 Å². The summed E-state index contributed by atoms with van der Waals surface area (Å²) in [4.78, 5) is 16.6. The fourth-order valence-corrected chi connectivity index (χ4v) is 2.31. The number of aryl methyl sites for hydroxylation is 1. The maximum absolute atomic E-state index is 13.8. The lowest BCUT2D eigenvalue weighted by Gasteiger charge is -2.16. The summed E-state index contributed by atoms with van der Waals surface area (Å²) in [5, 5.41) is 9.42. The van der Waals surface area contributed by atoms with E-state index in [1.165, 1.54) is 0 Å². The van der Waals surface area contributed by atoms with Gasteiger partial charge in [-0.25, -0.2) is 13.8 Å². The van der Waals surface area contributed by atoms with Crippen molar-refractivity contribution < 1.29 is 13.6 Å². The van der Waals surface area contributed by atoms with Gasteiger partial charge in [0.2, 0.25) is 0 Å². The van der Waals surface area contributed by atoms with Crippen LogP contribution >= 0.6 is 0 Å². The van der Waals surface area contributed by atoms with Crippen molar-refractivity contribution in [3.8, 4) is 0 Å². The molecular weight excluding hydrogens is 314 g/mol.